The van der Waals surface area contributed by atoms with Crippen molar-refractivity contribution < 1.29 is 4.74 Å². The van der Waals surface area contributed by atoms with Crippen LogP contribution in [0.15, 0.2) is 53.1 Å². The van der Waals surface area contributed by atoms with E-state index in [-0.39, 0.29) is 5.41 Å². The Hall–Kier alpha value is -1.61. The summed E-state index contributed by atoms with van der Waals surface area (Å²) < 4.78 is 7.01. The van der Waals surface area contributed by atoms with Gasteiger partial charge in [0.2, 0.25) is 0 Å². The minimum atomic E-state index is -0.0294. The molecule has 0 radical (unpaired) electrons. The van der Waals surface area contributed by atoms with Crippen LogP contribution in [0.1, 0.15) is 25.1 Å². The topological polar surface area (TPSA) is 22.1 Å². The fraction of sp³-hybridized carbons (Fsp3) is 0.235. The number of fused-ring (bicyclic) bond motifs is 1. The van der Waals surface area contributed by atoms with E-state index in [2.05, 4.69) is 46.9 Å². The second kappa shape index (κ2) is 5.06. The highest BCUT2D eigenvalue weighted by molar-refractivity contribution is 9.10. The molecule has 0 bridgehead atoms. The monoisotopic (exact) mass is 329 g/mol. The van der Waals surface area contributed by atoms with E-state index in [1.807, 2.05) is 36.5 Å². The zero-order valence-corrected chi connectivity index (χ0v) is 13.1. The fourth-order valence-corrected chi connectivity index (χ4v) is 2.69. The van der Waals surface area contributed by atoms with Gasteiger partial charge in [-0.2, -0.15) is 0 Å². The van der Waals surface area contributed by atoms with Crippen LogP contribution in [0.3, 0.4) is 0 Å². The largest absolute Gasteiger partial charge is 0.492 e. The summed E-state index contributed by atoms with van der Waals surface area (Å²) in [6.07, 6.45) is 4.09. The number of nitrogens with zero attached hydrogens (tertiary/aromatic N) is 1. The smallest absolute Gasteiger partial charge is 0.128 e. The second-order valence-corrected chi connectivity index (χ2v) is 6.61. The lowest BCUT2D eigenvalue weighted by molar-refractivity contribution is 0.225. The standard InChI is InChI=1S/C17H16BrNO/c1-17(2)10-14(15-5-3-4-8-19-15)13-7-6-12(18)9-16(13)20-11-17/h3-10H,11H2,1-2H3. The van der Waals surface area contributed by atoms with Crippen LogP contribution in [0.2, 0.25) is 0 Å². The number of hydrogen-bond acceptors (Lipinski definition) is 2. The molecule has 1 aliphatic heterocycles. The van der Waals surface area contributed by atoms with Crippen molar-refractivity contribution in [3.63, 3.8) is 0 Å². The Bertz CT molecular complexity index is 662. The SMILES string of the molecule is CC1(C)C=C(c2ccccn2)c2ccc(Br)cc2OC1. The van der Waals surface area contributed by atoms with E-state index in [1.54, 1.807) is 0 Å². The van der Waals surface area contributed by atoms with E-state index < -0.39 is 0 Å². The van der Waals surface area contributed by atoms with Gasteiger partial charge in [0.1, 0.15) is 5.75 Å². The van der Waals surface area contributed by atoms with Crippen molar-refractivity contribution in [3.05, 3.63) is 64.4 Å². The summed E-state index contributed by atoms with van der Waals surface area (Å²) in [5, 5.41) is 0. The quantitative estimate of drug-likeness (QED) is 0.756. The Morgan fingerprint density at radius 3 is 2.80 bits per heavy atom. The molecule has 2 heterocycles. The van der Waals surface area contributed by atoms with Crippen LogP contribution in [0.5, 0.6) is 5.75 Å². The lowest BCUT2D eigenvalue weighted by Crippen LogP contribution is -2.17. The zero-order valence-electron chi connectivity index (χ0n) is 11.6. The summed E-state index contributed by atoms with van der Waals surface area (Å²) in [7, 11) is 0. The molecule has 3 rings (SSSR count). The number of ether oxygens (including phenoxy) is 1. The van der Waals surface area contributed by atoms with E-state index in [1.165, 1.54) is 0 Å². The van der Waals surface area contributed by atoms with Gasteiger partial charge < -0.3 is 4.74 Å². The predicted molar refractivity (Wildman–Crippen MR) is 84.7 cm³/mol. The van der Waals surface area contributed by atoms with E-state index in [0.29, 0.717) is 6.61 Å². The third-order valence-electron chi connectivity index (χ3n) is 3.31. The molecule has 3 heteroatoms. The summed E-state index contributed by atoms with van der Waals surface area (Å²) in [6.45, 7) is 5.01. The van der Waals surface area contributed by atoms with Gasteiger partial charge >= 0.3 is 0 Å². The third-order valence-corrected chi connectivity index (χ3v) is 3.80. The molecule has 1 aliphatic rings. The van der Waals surface area contributed by atoms with Crippen molar-refractivity contribution in [1.29, 1.82) is 0 Å². The lowest BCUT2D eigenvalue weighted by Gasteiger charge is -2.18. The zero-order chi connectivity index (χ0) is 14.2. The molecule has 20 heavy (non-hydrogen) atoms. The van der Waals surface area contributed by atoms with Gasteiger partial charge in [-0.1, -0.05) is 41.9 Å². The van der Waals surface area contributed by atoms with Crippen molar-refractivity contribution >= 4 is 21.5 Å². The maximum absolute atomic E-state index is 5.99. The molecule has 0 atom stereocenters. The van der Waals surface area contributed by atoms with Gasteiger partial charge in [0, 0.05) is 27.2 Å². The van der Waals surface area contributed by atoms with E-state index in [0.717, 1.165) is 27.1 Å². The highest BCUT2D eigenvalue weighted by Crippen LogP contribution is 2.38. The molecular formula is C17H16BrNO. The second-order valence-electron chi connectivity index (χ2n) is 5.69. The molecule has 1 aromatic carbocycles. The molecule has 0 N–H and O–H groups in total. The molecule has 0 amide bonds. The normalized spacial score (nSPS) is 16.6. The number of aromatic nitrogens is 1. The van der Waals surface area contributed by atoms with Crippen molar-refractivity contribution in [2.45, 2.75) is 13.8 Å². The van der Waals surface area contributed by atoms with Crippen molar-refractivity contribution in [2.75, 3.05) is 6.61 Å². The van der Waals surface area contributed by atoms with Crippen LogP contribution in [-0.2, 0) is 0 Å². The number of rotatable bonds is 1. The molecule has 0 fully saturated rings. The average Bonchev–Trinajstić information content (AvgIpc) is 2.57. The molecular weight excluding hydrogens is 314 g/mol. The van der Waals surface area contributed by atoms with Crippen LogP contribution in [0.25, 0.3) is 5.57 Å². The number of hydrogen-bond donors (Lipinski definition) is 0. The van der Waals surface area contributed by atoms with Crippen LogP contribution in [0, 0.1) is 5.41 Å². The van der Waals surface area contributed by atoms with Crippen molar-refractivity contribution in [3.8, 4) is 5.75 Å². The fourth-order valence-electron chi connectivity index (χ4n) is 2.35. The molecule has 0 spiro atoms. The summed E-state index contributed by atoms with van der Waals surface area (Å²) in [5.74, 6) is 0.904. The lowest BCUT2D eigenvalue weighted by atomic mass is 9.89. The van der Waals surface area contributed by atoms with Gasteiger partial charge in [-0.25, -0.2) is 0 Å². The van der Waals surface area contributed by atoms with E-state index >= 15 is 0 Å². The maximum Gasteiger partial charge on any atom is 0.128 e. The molecule has 2 nitrogen and oxygen atoms in total. The molecule has 1 aromatic heterocycles. The summed E-state index contributed by atoms with van der Waals surface area (Å²) in [6, 6.07) is 12.1. The van der Waals surface area contributed by atoms with Crippen LogP contribution in [0.4, 0.5) is 0 Å². The summed E-state index contributed by atoms with van der Waals surface area (Å²) in [4.78, 5) is 4.50. The molecule has 0 aliphatic carbocycles. The van der Waals surface area contributed by atoms with E-state index in [4.69, 9.17) is 4.74 Å². The Kier molecular flexibility index (Phi) is 3.38. The van der Waals surface area contributed by atoms with Gasteiger partial charge in [-0.15, -0.1) is 0 Å². The highest BCUT2D eigenvalue weighted by Gasteiger charge is 2.25. The van der Waals surface area contributed by atoms with Gasteiger partial charge in [-0.05, 0) is 30.3 Å². The summed E-state index contributed by atoms with van der Waals surface area (Å²) in [5.41, 5.74) is 3.18. The first-order valence-electron chi connectivity index (χ1n) is 6.62. The van der Waals surface area contributed by atoms with Crippen molar-refractivity contribution in [2.24, 2.45) is 5.41 Å². The number of benzene rings is 1. The van der Waals surface area contributed by atoms with Gasteiger partial charge in [-0.3, -0.25) is 4.98 Å². The van der Waals surface area contributed by atoms with Gasteiger partial charge in [0.25, 0.3) is 0 Å². The highest BCUT2D eigenvalue weighted by atomic mass is 79.9. The first-order valence-corrected chi connectivity index (χ1v) is 7.41. The molecule has 0 saturated heterocycles. The molecule has 2 aromatic rings. The van der Waals surface area contributed by atoms with Crippen LogP contribution >= 0.6 is 15.9 Å². The Morgan fingerprint density at radius 2 is 2.05 bits per heavy atom. The van der Waals surface area contributed by atoms with Crippen molar-refractivity contribution in [1.82, 2.24) is 4.98 Å². The first kappa shape index (κ1) is 13.4. The van der Waals surface area contributed by atoms with Gasteiger partial charge in [0.05, 0.1) is 12.3 Å². The van der Waals surface area contributed by atoms with Gasteiger partial charge in [0.15, 0.2) is 0 Å². The predicted octanol–water partition coefficient (Wildman–Crippen LogP) is 4.69. The minimum Gasteiger partial charge on any atom is -0.492 e. The molecule has 0 saturated carbocycles. The third kappa shape index (κ3) is 2.63. The number of halogens is 1. The minimum absolute atomic E-state index is 0.0294. The Morgan fingerprint density at radius 1 is 1.20 bits per heavy atom. The van der Waals surface area contributed by atoms with Crippen LogP contribution in [-0.4, -0.2) is 11.6 Å². The maximum atomic E-state index is 5.99. The van der Waals surface area contributed by atoms with Crippen LogP contribution < -0.4 is 4.74 Å². The molecule has 0 unspecified atom stereocenters. The van der Waals surface area contributed by atoms with E-state index in [9.17, 15) is 0 Å². The number of pyridine rings is 1. The Balaban J connectivity index is 2.21. The summed E-state index contributed by atoms with van der Waals surface area (Å²) >= 11 is 3.51. The Labute approximate surface area is 127 Å². The average molecular weight is 330 g/mol. The molecule has 102 valence electrons. The first-order chi connectivity index (χ1) is 9.55.